The van der Waals surface area contributed by atoms with E-state index in [0.717, 1.165) is 16.5 Å². The summed E-state index contributed by atoms with van der Waals surface area (Å²) in [5.74, 6) is 0.126. The van der Waals surface area contributed by atoms with Crippen LogP contribution >= 0.6 is 27.5 Å². The standard InChI is InChI=1S/C29H24BrClN2O5/c30-24-16-13-21(17-25(24)31)33-28(35)18-37-29(36)10-4-9-27(34)32-20-11-14-22(15-12-20)38-26-8-3-6-19-5-1-2-7-23(19)26/h1-3,5-8,11-17H,4,9-10,18H2,(H,32,34)(H,33,35). The van der Waals surface area contributed by atoms with Crippen molar-refractivity contribution in [2.75, 3.05) is 17.2 Å². The number of carbonyl (C=O) groups is 3. The van der Waals surface area contributed by atoms with E-state index in [1.165, 1.54) is 0 Å². The number of esters is 1. The summed E-state index contributed by atoms with van der Waals surface area (Å²) in [6.07, 6.45) is 0.437. The lowest BCUT2D eigenvalue weighted by Crippen LogP contribution is -2.21. The number of anilines is 2. The minimum absolute atomic E-state index is 0.0165. The van der Waals surface area contributed by atoms with Gasteiger partial charge < -0.3 is 20.1 Å². The molecule has 0 heterocycles. The first-order valence-corrected chi connectivity index (χ1v) is 13.0. The molecular formula is C29H24BrClN2O5. The van der Waals surface area contributed by atoms with Crippen LogP contribution in [0, 0.1) is 0 Å². The van der Waals surface area contributed by atoms with Gasteiger partial charge in [-0.15, -0.1) is 0 Å². The van der Waals surface area contributed by atoms with Crippen LogP contribution in [0.1, 0.15) is 19.3 Å². The Bertz CT molecular complexity index is 1450. The van der Waals surface area contributed by atoms with E-state index in [1.807, 2.05) is 42.5 Å². The molecule has 0 aliphatic carbocycles. The fraction of sp³-hybridized carbons (Fsp3) is 0.138. The fourth-order valence-electron chi connectivity index (χ4n) is 3.62. The average molecular weight is 596 g/mol. The molecule has 0 spiro atoms. The van der Waals surface area contributed by atoms with Crippen LogP contribution < -0.4 is 15.4 Å². The van der Waals surface area contributed by atoms with Crippen molar-refractivity contribution in [3.63, 3.8) is 0 Å². The number of amides is 2. The highest BCUT2D eigenvalue weighted by Crippen LogP contribution is 2.30. The molecule has 0 unspecified atom stereocenters. The van der Waals surface area contributed by atoms with Crippen molar-refractivity contribution in [1.82, 2.24) is 0 Å². The van der Waals surface area contributed by atoms with Crippen molar-refractivity contribution in [1.29, 1.82) is 0 Å². The lowest BCUT2D eigenvalue weighted by atomic mass is 10.1. The third-order valence-corrected chi connectivity index (χ3v) is 6.70. The van der Waals surface area contributed by atoms with Crippen LogP contribution in [0.4, 0.5) is 11.4 Å². The smallest absolute Gasteiger partial charge is 0.306 e. The Labute approximate surface area is 233 Å². The Morgan fingerprint density at radius 1 is 0.789 bits per heavy atom. The zero-order valence-electron chi connectivity index (χ0n) is 20.2. The number of fused-ring (bicyclic) bond motifs is 1. The van der Waals surface area contributed by atoms with E-state index in [4.69, 9.17) is 21.1 Å². The van der Waals surface area contributed by atoms with Gasteiger partial charge in [0.1, 0.15) is 11.5 Å². The Hall–Kier alpha value is -3.88. The molecule has 0 saturated carbocycles. The maximum absolute atomic E-state index is 12.3. The highest BCUT2D eigenvalue weighted by atomic mass is 79.9. The Kier molecular flexibility index (Phi) is 9.35. The van der Waals surface area contributed by atoms with E-state index in [2.05, 4.69) is 26.6 Å². The topological polar surface area (TPSA) is 93.7 Å². The van der Waals surface area contributed by atoms with Gasteiger partial charge in [-0.2, -0.15) is 0 Å². The third kappa shape index (κ3) is 7.81. The molecule has 0 aliphatic rings. The summed E-state index contributed by atoms with van der Waals surface area (Å²) in [6.45, 7) is -0.425. The molecule has 0 aliphatic heterocycles. The van der Waals surface area contributed by atoms with Gasteiger partial charge in [0.05, 0.1) is 5.02 Å². The Balaban J connectivity index is 1.16. The van der Waals surface area contributed by atoms with E-state index in [-0.39, 0.29) is 25.2 Å². The normalized spacial score (nSPS) is 10.6. The molecule has 0 radical (unpaired) electrons. The first kappa shape index (κ1) is 27.2. The second-order valence-electron chi connectivity index (χ2n) is 8.34. The first-order chi connectivity index (χ1) is 18.4. The molecule has 9 heteroatoms. The molecule has 0 aromatic heterocycles. The number of ether oxygens (including phenoxy) is 2. The number of rotatable bonds is 10. The van der Waals surface area contributed by atoms with Gasteiger partial charge in [0.2, 0.25) is 5.91 Å². The second-order valence-corrected chi connectivity index (χ2v) is 9.60. The number of nitrogens with one attached hydrogen (secondary N) is 2. The maximum atomic E-state index is 12.3. The van der Waals surface area contributed by atoms with E-state index in [0.29, 0.717) is 26.6 Å². The predicted octanol–water partition coefficient (Wildman–Crippen LogP) is 7.34. The van der Waals surface area contributed by atoms with E-state index in [9.17, 15) is 14.4 Å². The highest BCUT2D eigenvalue weighted by Gasteiger charge is 2.11. The fourth-order valence-corrected chi connectivity index (χ4v) is 4.05. The summed E-state index contributed by atoms with van der Waals surface area (Å²) >= 11 is 9.26. The number of benzene rings is 4. The van der Waals surface area contributed by atoms with Crippen molar-refractivity contribution < 1.29 is 23.9 Å². The monoisotopic (exact) mass is 594 g/mol. The highest BCUT2D eigenvalue weighted by molar-refractivity contribution is 9.10. The van der Waals surface area contributed by atoms with Gasteiger partial charge in [0.15, 0.2) is 6.61 Å². The third-order valence-electron chi connectivity index (χ3n) is 5.47. The van der Waals surface area contributed by atoms with Crippen molar-refractivity contribution in [2.24, 2.45) is 0 Å². The summed E-state index contributed by atoms with van der Waals surface area (Å²) in [5.41, 5.74) is 1.11. The van der Waals surface area contributed by atoms with Crippen LogP contribution in [-0.2, 0) is 19.1 Å². The van der Waals surface area contributed by atoms with Gasteiger partial charge >= 0.3 is 5.97 Å². The van der Waals surface area contributed by atoms with Crippen LogP contribution in [0.25, 0.3) is 10.8 Å². The SMILES string of the molecule is O=C(CCCC(=O)OCC(=O)Nc1ccc(Br)c(Cl)c1)Nc1ccc(Oc2cccc3ccccc23)cc1. The van der Waals surface area contributed by atoms with Crippen molar-refractivity contribution in [2.45, 2.75) is 19.3 Å². The molecule has 0 saturated heterocycles. The molecule has 0 bridgehead atoms. The summed E-state index contributed by atoms with van der Waals surface area (Å²) in [6, 6.07) is 25.9. The summed E-state index contributed by atoms with van der Waals surface area (Å²) in [4.78, 5) is 36.2. The van der Waals surface area contributed by atoms with Crippen LogP contribution in [0.15, 0.2) is 89.4 Å². The number of carbonyl (C=O) groups excluding carboxylic acids is 3. The van der Waals surface area contributed by atoms with Crippen LogP contribution in [0.2, 0.25) is 5.02 Å². The first-order valence-electron chi connectivity index (χ1n) is 11.8. The van der Waals surface area contributed by atoms with Crippen molar-refractivity contribution >= 4 is 67.5 Å². The minimum atomic E-state index is -0.559. The van der Waals surface area contributed by atoms with Gasteiger partial charge in [-0.25, -0.2) is 0 Å². The predicted molar refractivity (Wildman–Crippen MR) is 152 cm³/mol. The molecule has 38 heavy (non-hydrogen) atoms. The van der Waals surface area contributed by atoms with Crippen LogP contribution in [-0.4, -0.2) is 24.4 Å². The average Bonchev–Trinajstić information content (AvgIpc) is 2.91. The lowest BCUT2D eigenvalue weighted by molar-refractivity contribution is -0.147. The summed E-state index contributed by atoms with van der Waals surface area (Å²) in [5, 5.41) is 7.95. The quantitative estimate of drug-likeness (QED) is 0.187. The van der Waals surface area contributed by atoms with Gasteiger partial charge in [0, 0.05) is 34.1 Å². The molecule has 2 amide bonds. The number of hydrogen-bond acceptors (Lipinski definition) is 5. The minimum Gasteiger partial charge on any atom is -0.457 e. The molecule has 7 nitrogen and oxygen atoms in total. The van der Waals surface area contributed by atoms with E-state index in [1.54, 1.807) is 42.5 Å². The maximum Gasteiger partial charge on any atom is 0.306 e. The second kappa shape index (κ2) is 13.1. The molecule has 0 fully saturated rings. The molecular weight excluding hydrogens is 572 g/mol. The summed E-state index contributed by atoms with van der Waals surface area (Å²) in [7, 11) is 0. The van der Waals surface area contributed by atoms with Crippen LogP contribution in [0.5, 0.6) is 11.5 Å². The molecule has 0 atom stereocenters. The van der Waals surface area contributed by atoms with Gasteiger partial charge in [0.25, 0.3) is 5.91 Å². The lowest BCUT2D eigenvalue weighted by Gasteiger charge is -2.10. The van der Waals surface area contributed by atoms with E-state index < -0.39 is 18.5 Å². The molecule has 2 N–H and O–H groups in total. The van der Waals surface area contributed by atoms with Gasteiger partial charge in [-0.1, -0.05) is 48.0 Å². The molecule has 194 valence electrons. The van der Waals surface area contributed by atoms with Crippen molar-refractivity contribution in [3.05, 3.63) is 94.4 Å². The zero-order chi connectivity index (χ0) is 26.9. The molecule has 4 rings (SSSR count). The number of halogens is 2. The van der Waals surface area contributed by atoms with E-state index >= 15 is 0 Å². The zero-order valence-corrected chi connectivity index (χ0v) is 22.6. The summed E-state index contributed by atoms with van der Waals surface area (Å²) < 4.78 is 11.7. The Morgan fingerprint density at radius 3 is 2.29 bits per heavy atom. The van der Waals surface area contributed by atoms with Gasteiger partial charge in [-0.05, 0) is 76.3 Å². The number of hydrogen-bond donors (Lipinski definition) is 2. The van der Waals surface area contributed by atoms with Crippen LogP contribution in [0.3, 0.4) is 0 Å². The van der Waals surface area contributed by atoms with Gasteiger partial charge in [-0.3, -0.25) is 14.4 Å². The largest absolute Gasteiger partial charge is 0.457 e. The Morgan fingerprint density at radius 2 is 1.50 bits per heavy atom. The molecule has 4 aromatic carbocycles. The van der Waals surface area contributed by atoms with Crippen molar-refractivity contribution in [3.8, 4) is 11.5 Å². The molecule has 4 aromatic rings.